The van der Waals surface area contributed by atoms with Crippen LogP contribution in [0.4, 0.5) is 5.82 Å². The molecule has 1 heterocycles. The predicted molar refractivity (Wildman–Crippen MR) is 83.3 cm³/mol. The van der Waals surface area contributed by atoms with Crippen molar-refractivity contribution in [2.75, 3.05) is 12.4 Å². The number of nitrogens with zero attached hydrogens (tertiary/aromatic N) is 1. The van der Waals surface area contributed by atoms with Crippen molar-refractivity contribution in [1.82, 2.24) is 4.98 Å². The van der Waals surface area contributed by atoms with Crippen molar-refractivity contribution in [3.05, 3.63) is 30.5 Å². The molecular weight excluding hydrogens is 248 g/mol. The maximum absolute atomic E-state index is 5.43. The predicted octanol–water partition coefficient (Wildman–Crippen LogP) is 4.23. The van der Waals surface area contributed by atoms with Crippen LogP contribution in [0.2, 0.25) is 0 Å². The van der Waals surface area contributed by atoms with E-state index in [0.29, 0.717) is 6.04 Å². The molecule has 0 spiro atoms. The monoisotopic (exact) mass is 270 g/mol. The van der Waals surface area contributed by atoms with Crippen molar-refractivity contribution in [1.29, 1.82) is 0 Å². The van der Waals surface area contributed by atoms with Gasteiger partial charge in [-0.15, -0.1) is 0 Å². The number of pyridine rings is 1. The SMILES string of the molecule is COc1cccc2c(NC3CCCC(C)C3)nccc12. The van der Waals surface area contributed by atoms with E-state index in [4.69, 9.17) is 4.74 Å². The van der Waals surface area contributed by atoms with E-state index < -0.39 is 0 Å². The second kappa shape index (κ2) is 5.70. The summed E-state index contributed by atoms with van der Waals surface area (Å²) < 4.78 is 5.43. The standard InChI is InChI=1S/C17H22N2O/c1-12-5-3-6-13(11-12)19-17-15-7-4-8-16(20-2)14(15)9-10-18-17/h4,7-10,12-13H,3,5-6,11H2,1-2H3,(H,18,19). The minimum absolute atomic E-state index is 0.544. The second-order valence-electron chi connectivity index (χ2n) is 5.83. The molecule has 0 aliphatic heterocycles. The number of methoxy groups -OCH3 is 1. The van der Waals surface area contributed by atoms with Gasteiger partial charge >= 0.3 is 0 Å². The Morgan fingerprint density at radius 1 is 1.20 bits per heavy atom. The van der Waals surface area contributed by atoms with Gasteiger partial charge in [-0.1, -0.05) is 31.9 Å². The van der Waals surface area contributed by atoms with Gasteiger partial charge in [0.1, 0.15) is 11.6 Å². The average molecular weight is 270 g/mol. The topological polar surface area (TPSA) is 34.1 Å². The molecule has 1 N–H and O–H groups in total. The molecule has 1 fully saturated rings. The fraction of sp³-hybridized carbons (Fsp3) is 0.471. The number of hydrogen-bond donors (Lipinski definition) is 1. The maximum atomic E-state index is 5.43. The molecule has 0 bridgehead atoms. The van der Waals surface area contributed by atoms with E-state index in [0.717, 1.165) is 28.3 Å². The van der Waals surface area contributed by atoms with Crippen molar-refractivity contribution >= 4 is 16.6 Å². The third kappa shape index (κ3) is 2.58. The van der Waals surface area contributed by atoms with Gasteiger partial charge in [0.2, 0.25) is 0 Å². The van der Waals surface area contributed by atoms with E-state index in [2.05, 4.69) is 23.3 Å². The van der Waals surface area contributed by atoms with E-state index in [1.165, 1.54) is 25.7 Å². The minimum atomic E-state index is 0.544. The number of hydrogen-bond acceptors (Lipinski definition) is 3. The van der Waals surface area contributed by atoms with Gasteiger partial charge in [-0.05, 0) is 30.9 Å². The highest BCUT2D eigenvalue weighted by molar-refractivity contribution is 5.95. The lowest BCUT2D eigenvalue weighted by Crippen LogP contribution is -2.26. The smallest absolute Gasteiger partial charge is 0.134 e. The molecule has 2 aromatic rings. The average Bonchev–Trinajstić information content (AvgIpc) is 2.47. The summed E-state index contributed by atoms with van der Waals surface area (Å²) in [5.41, 5.74) is 0. The maximum Gasteiger partial charge on any atom is 0.134 e. The Hall–Kier alpha value is -1.77. The Morgan fingerprint density at radius 2 is 2.10 bits per heavy atom. The van der Waals surface area contributed by atoms with Gasteiger partial charge in [0.05, 0.1) is 7.11 Å². The summed E-state index contributed by atoms with van der Waals surface area (Å²) in [6.07, 6.45) is 7.01. The van der Waals surface area contributed by atoms with Gasteiger partial charge in [-0.3, -0.25) is 0 Å². The van der Waals surface area contributed by atoms with Crippen LogP contribution in [0.1, 0.15) is 32.6 Å². The van der Waals surface area contributed by atoms with Gasteiger partial charge < -0.3 is 10.1 Å². The Balaban J connectivity index is 1.91. The Morgan fingerprint density at radius 3 is 2.90 bits per heavy atom. The minimum Gasteiger partial charge on any atom is -0.496 e. The fourth-order valence-electron chi connectivity index (χ4n) is 3.23. The highest BCUT2D eigenvalue weighted by Crippen LogP contribution is 2.31. The van der Waals surface area contributed by atoms with Crippen molar-refractivity contribution in [3.8, 4) is 5.75 Å². The molecule has 1 aliphatic rings. The molecular formula is C17H22N2O. The van der Waals surface area contributed by atoms with Crippen LogP contribution in [0.3, 0.4) is 0 Å². The number of ether oxygens (including phenoxy) is 1. The molecule has 0 radical (unpaired) electrons. The lowest BCUT2D eigenvalue weighted by atomic mass is 9.87. The summed E-state index contributed by atoms with van der Waals surface area (Å²) in [7, 11) is 1.71. The first-order valence-electron chi connectivity index (χ1n) is 7.46. The van der Waals surface area contributed by atoms with Gasteiger partial charge in [0.15, 0.2) is 0 Å². The third-order valence-electron chi connectivity index (χ3n) is 4.26. The summed E-state index contributed by atoms with van der Waals surface area (Å²) in [5, 5.41) is 5.90. The number of anilines is 1. The molecule has 2 atom stereocenters. The molecule has 20 heavy (non-hydrogen) atoms. The summed E-state index contributed by atoms with van der Waals surface area (Å²) >= 11 is 0. The number of nitrogens with one attached hydrogen (secondary N) is 1. The van der Waals surface area contributed by atoms with Gasteiger partial charge in [-0.25, -0.2) is 4.98 Å². The van der Waals surface area contributed by atoms with Crippen molar-refractivity contribution in [3.63, 3.8) is 0 Å². The summed E-state index contributed by atoms with van der Waals surface area (Å²) in [6.45, 7) is 2.34. The summed E-state index contributed by atoms with van der Waals surface area (Å²) in [6, 6.07) is 8.69. The van der Waals surface area contributed by atoms with Crippen molar-refractivity contribution in [2.45, 2.75) is 38.6 Å². The van der Waals surface area contributed by atoms with Crippen LogP contribution in [0.15, 0.2) is 30.5 Å². The van der Waals surface area contributed by atoms with E-state index in [-0.39, 0.29) is 0 Å². The van der Waals surface area contributed by atoms with Crippen molar-refractivity contribution in [2.24, 2.45) is 5.92 Å². The molecule has 3 heteroatoms. The Bertz CT molecular complexity index is 597. The summed E-state index contributed by atoms with van der Waals surface area (Å²) in [5.74, 6) is 2.70. The Kier molecular flexibility index (Phi) is 3.77. The first kappa shape index (κ1) is 13.2. The molecule has 3 rings (SSSR count). The third-order valence-corrected chi connectivity index (χ3v) is 4.26. The van der Waals surface area contributed by atoms with Crippen LogP contribution in [0.5, 0.6) is 5.75 Å². The van der Waals surface area contributed by atoms with Crippen LogP contribution < -0.4 is 10.1 Å². The molecule has 106 valence electrons. The molecule has 1 aliphatic carbocycles. The fourth-order valence-corrected chi connectivity index (χ4v) is 3.23. The normalized spacial score (nSPS) is 22.7. The van der Waals surface area contributed by atoms with Gasteiger partial charge in [0.25, 0.3) is 0 Å². The van der Waals surface area contributed by atoms with Crippen LogP contribution >= 0.6 is 0 Å². The number of fused-ring (bicyclic) bond motifs is 1. The number of rotatable bonds is 3. The van der Waals surface area contributed by atoms with Crippen LogP contribution in [-0.2, 0) is 0 Å². The van der Waals surface area contributed by atoms with Crippen LogP contribution in [-0.4, -0.2) is 18.1 Å². The zero-order valence-corrected chi connectivity index (χ0v) is 12.2. The highest BCUT2D eigenvalue weighted by Gasteiger charge is 2.19. The van der Waals surface area contributed by atoms with E-state index in [9.17, 15) is 0 Å². The first-order chi connectivity index (χ1) is 9.78. The first-order valence-corrected chi connectivity index (χ1v) is 7.46. The highest BCUT2D eigenvalue weighted by atomic mass is 16.5. The Labute approximate surface area is 120 Å². The van der Waals surface area contributed by atoms with Gasteiger partial charge in [0, 0.05) is 23.0 Å². The molecule has 1 saturated carbocycles. The molecule has 1 aromatic carbocycles. The molecule has 0 amide bonds. The quantitative estimate of drug-likeness (QED) is 0.906. The molecule has 1 aromatic heterocycles. The number of aromatic nitrogens is 1. The van der Waals surface area contributed by atoms with Crippen molar-refractivity contribution < 1.29 is 4.74 Å². The molecule has 2 unspecified atom stereocenters. The second-order valence-corrected chi connectivity index (χ2v) is 5.83. The summed E-state index contributed by atoms with van der Waals surface area (Å²) in [4.78, 5) is 4.53. The molecule has 0 saturated heterocycles. The van der Waals surface area contributed by atoms with Crippen LogP contribution in [0.25, 0.3) is 10.8 Å². The lowest BCUT2D eigenvalue weighted by molar-refractivity contribution is 0.358. The number of benzene rings is 1. The van der Waals surface area contributed by atoms with Gasteiger partial charge in [-0.2, -0.15) is 0 Å². The zero-order valence-electron chi connectivity index (χ0n) is 12.2. The van der Waals surface area contributed by atoms with E-state index in [1.54, 1.807) is 7.11 Å². The zero-order chi connectivity index (χ0) is 13.9. The van der Waals surface area contributed by atoms with Crippen LogP contribution in [0, 0.1) is 5.92 Å². The molecule has 3 nitrogen and oxygen atoms in total. The van der Waals surface area contributed by atoms with E-state index >= 15 is 0 Å². The largest absolute Gasteiger partial charge is 0.496 e. The van der Waals surface area contributed by atoms with E-state index in [1.807, 2.05) is 24.4 Å². The lowest BCUT2D eigenvalue weighted by Gasteiger charge is -2.28.